The molecule has 0 saturated heterocycles. The molecule has 1 saturated carbocycles. The zero-order chi connectivity index (χ0) is 13.2. The van der Waals surface area contributed by atoms with Gasteiger partial charge in [-0.3, -0.25) is 5.10 Å². The van der Waals surface area contributed by atoms with E-state index in [0.717, 1.165) is 25.7 Å². The standard InChI is InChI=1S/C11H18ClN3O2S/c1-9-2-5-11(8-12,6-3-9)15-18(16,17)10-4-7-13-14-10/h4,7,9,15H,2-3,5-6,8H2,1H3,(H,13,14). The van der Waals surface area contributed by atoms with E-state index in [1.807, 2.05) is 0 Å². The number of halogens is 1. The van der Waals surface area contributed by atoms with Crippen LogP contribution in [0.2, 0.25) is 0 Å². The van der Waals surface area contributed by atoms with Crippen molar-refractivity contribution in [3.8, 4) is 0 Å². The summed E-state index contributed by atoms with van der Waals surface area (Å²) >= 11 is 6.00. The molecular formula is C11H18ClN3O2S. The van der Waals surface area contributed by atoms with Gasteiger partial charge in [0.25, 0.3) is 10.0 Å². The van der Waals surface area contributed by atoms with E-state index >= 15 is 0 Å². The van der Waals surface area contributed by atoms with Crippen LogP contribution in [0.5, 0.6) is 0 Å². The van der Waals surface area contributed by atoms with Crippen molar-refractivity contribution >= 4 is 21.6 Å². The molecule has 5 nitrogen and oxygen atoms in total. The second-order valence-corrected chi connectivity index (χ2v) is 7.04. The molecule has 2 rings (SSSR count). The van der Waals surface area contributed by atoms with E-state index in [1.54, 1.807) is 0 Å². The molecule has 0 radical (unpaired) electrons. The Hall–Kier alpha value is -0.590. The van der Waals surface area contributed by atoms with Gasteiger partial charge in [0, 0.05) is 11.4 Å². The highest BCUT2D eigenvalue weighted by molar-refractivity contribution is 7.89. The van der Waals surface area contributed by atoms with Gasteiger partial charge in [0.15, 0.2) is 5.03 Å². The van der Waals surface area contributed by atoms with Gasteiger partial charge in [-0.2, -0.15) is 5.10 Å². The minimum Gasteiger partial charge on any atom is -0.266 e. The van der Waals surface area contributed by atoms with Crippen molar-refractivity contribution in [2.45, 2.75) is 43.2 Å². The van der Waals surface area contributed by atoms with Crippen LogP contribution in [0.15, 0.2) is 17.3 Å². The molecule has 0 aromatic carbocycles. The first-order valence-electron chi connectivity index (χ1n) is 6.07. The van der Waals surface area contributed by atoms with Crippen LogP contribution in [0.1, 0.15) is 32.6 Å². The number of H-pyrrole nitrogens is 1. The first kappa shape index (κ1) is 13.8. The molecule has 1 fully saturated rings. The molecule has 0 unspecified atom stereocenters. The lowest BCUT2D eigenvalue weighted by Gasteiger charge is -2.38. The lowest BCUT2D eigenvalue weighted by Crippen LogP contribution is -2.52. The molecule has 7 heteroatoms. The Morgan fingerprint density at radius 3 is 2.72 bits per heavy atom. The third-order valence-electron chi connectivity index (χ3n) is 3.60. The van der Waals surface area contributed by atoms with Crippen LogP contribution in [0, 0.1) is 5.92 Å². The fraction of sp³-hybridized carbons (Fsp3) is 0.727. The van der Waals surface area contributed by atoms with Crippen molar-refractivity contribution in [1.29, 1.82) is 0 Å². The summed E-state index contributed by atoms with van der Waals surface area (Å²) in [6.07, 6.45) is 4.98. The predicted molar refractivity (Wildman–Crippen MR) is 70.0 cm³/mol. The summed E-state index contributed by atoms with van der Waals surface area (Å²) in [6.45, 7) is 2.18. The van der Waals surface area contributed by atoms with Gasteiger partial charge in [0.2, 0.25) is 0 Å². The number of sulfonamides is 1. The third kappa shape index (κ3) is 2.87. The van der Waals surface area contributed by atoms with Crippen LogP contribution in [-0.2, 0) is 10.0 Å². The largest absolute Gasteiger partial charge is 0.266 e. The zero-order valence-corrected chi connectivity index (χ0v) is 11.9. The fourth-order valence-corrected chi connectivity index (χ4v) is 4.09. The van der Waals surface area contributed by atoms with Crippen molar-refractivity contribution in [3.63, 3.8) is 0 Å². The SMILES string of the molecule is CC1CCC(CCl)(NS(=O)(=O)c2ccn[nH]2)CC1. The van der Waals surface area contributed by atoms with Gasteiger partial charge in [-0.1, -0.05) is 6.92 Å². The minimum atomic E-state index is -3.56. The van der Waals surface area contributed by atoms with E-state index in [-0.39, 0.29) is 5.03 Å². The van der Waals surface area contributed by atoms with E-state index < -0.39 is 15.6 Å². The topological polar surface area (TPSA) is 74.8 Å². The maximum atomic E-state index is 12.2. The van der Waals surface area contributed by atoms with Gasteiger partial charge < -0.3 is 0 Å². The number of nitrogens with zero attached hydrogens (tertiary/aromatic N) is 1. The molecular weight excluding hydrogens is 274 g/mol. The Morgan fingerprint density at radius 2 is 2.22 bits per heavy atom. The quantitative estimate of drug-likeness (QED) is 0.832. The normalized spacial score (nSPS) is 29.3. The van der Waals surface area contributed by atoms with Crippen molar-refractivity contribution in [2.75, 3.05) is 5.88 Å². The third-order valence-corrected chi connectivity index (χ3v) is 5.62. The highest BCUT2D eigenvalue weighted by Gasteiger charge is 2.37. The second-order valence-electron chi connectivity index (χ2n) is 5.12. The van der Waals surface area contributed by atoms with Gasteiger partial charge >= 0.3 is 0 Å². The lowest BCUT2D eigenvalue weighted by atomic mass is 9.79. The average molecular weight is 292 g/mol. The maximum Gasteiger partial charge on any atom is 0.258 e. The predicted octanol–water partition coefficient (Wildman–Crippen LogP) is 1.88. The van der Waals surface area contributed by atoms with Gasteiger partial charge in [-0.25, -0.2) is 13.1 Å². The summed E-state index contributed by atoms with van der Waals surface area (Å²) in [5.74, 6) is 0.936. The molecule has 2 N–H and O–H groups in total. The summed E-state index contributed by atoms with van der Waals surface area (Å²) < 4.78 is 27.1. The highest BCUT2D eigenvalue weighted by Crippen LogP contribution is 2.33. The summed E-state index contributed by atoms with van der Waals surface area (Å²) in [5, 5.41) is 6.23. The number of aromatic amines is 1. The van der Waals surface area contributed by atoms with E-state index in [9.17, 15) is 8.42 Å². The van der Waals surface area contributed by atoms with Crippen LogP contribution >= 0.6 is 11.6 Å². The average Bonchev–Trinajstić information content (AvgIpc) is 2.87. The van der Waals surface area contributed by atoms with Crippen LogP contribution in [-0.4, -0.2) is 30.0 Å². The van der Waals surface area contributed by atoms with Crippen LogP contribution < -0.4 is 4.72 Å². The number of rotatable bonds is 4. The first-order valence-corrected chi connectivity index (χ1v) is 8.08. The molecule has 1 aromatic rings. The Morgan fingerprint density at radius 1 is 1.56 bits per heavy atom. The monoisotopic (exact) mass is 291 g/mol. The summed E-state index contributed by atoms with van der Waals surface area (Å²) in [4.78, 5) is 0. The number of hydrogen-bond acceptors (Lipinski definition) is 3. The highest BCUT2D eigenvalue weighted by atomic mass is 35.5. The van der Waals surface area contributed by atoms with Crippen molar-refractivity contribution < 1.29 is 8.42 Å². The summed E-state index contributed by atoms with van der Waals surface area (Å²) in [5.41, 5.74) is -0.516. The van der Waals surface area contributed by atoms with Crippen LogP contribution in [0.4, 0.5) is 0 Å². The van der Waals surface area contributed by atoms with Crippen molar-refractivity contribution in [3.05, 3.63) is 12.3 Å². The summed E-state index contributed by atoms with van der Waals surface area (Å²) in [7, 11) is -3.56. The molecule has 0 amide bonds. The van der Waals surface area contributed by atoms with E-state index in [4.69, 9.17) is 11.6 Å². The molecule has 18 heavy (non-hydrogen) atoms. The fourth-order valence-electron chi connectivity index (χ4n) is 2.31. The molecule has 0 bridgehead atoms. The molecule has 1 heterocycles. The number of nitrogens with one attached hydrogen (secondary N) is 2. The number of aromatic nitrogens is 2. The molecule has 0 spiro atoms. The molecule has 1 aliphatic rings. The first-order chi connectivity index (χ1) is 8.47. The van der Waals surface area contributed by atoms with Crippen LogP contribution in [0.25, 0.3) is 0 Å². The van der Waals surface area contributed by atoms with Crippen molar-refractivity contribution in [2.24, 2.45) is 5.92 Å². The van der Waals surface area contributed by atoms with Crippen LogP contribution in [0.3, 0.4) is 0 Å². The molecule has 0 atom stereocenters. The maximum absolute atomic E-state index is 12.2. The van der Waals surface area contributed by atoms with E-state index in [0.29, 0.717) is 11.8 Å². The Kier molecular flexibility index (Phi) is 3.99. The smallest absolute Gasteiger partial charge is 0.258 e. The van der Waals surface area contributed by atoms with E-state index in [1.165, 1.54) is 12.3 Å². The second kappa shape index (κ2) is 5.19. The molecule has 1 aromatic heterocycles. The molecule has 1 aliphatic carbocycles. The Balaban J connectivity index is 2.16. The Bertz CT molecular complexity index is 478. The summed E-state index contributed by atoms with van der Waals surface area (Å²) in [6, 6.07) is 1.44. The van der Waals surface area contributed by atoms with Gasteiger partial charge in [0.05, 0.1) is 6.20 Å². The van der Waals surface area contributed by atoms with Gasteiger partial charge in [-0.15, -0.1) is 11.6 Å². The lowest BCUT2D eigenvalue weighted by molar-refractivity contribution is 0.247. The zero-order valence-electron chi connectivity index (χ0n) is 10.3. The molecule has 102 valence electrons. The Labute approximate surface area is 112 Å². The number of alkyl halides is 1. The van der Waals surface area contributed by atoms with E-state index in [2.05, 4.69) is 21.8 Å². The van der Waals surface area contributed by atoms with Gasteiger partial charge in [-0.05, 0) is 37.7 Å². The van der Waals surface area contributed by atoms with Gasteiger partial charge in [0.1, 0.15) is 0 Å². The van der Waals surface area contributed by atoms with Crippen molar-refractivity contribution in [1.82, 2.24) is 14.9 Å². The minimum absolute atomic E-state index is 0.0885. The number of hydrogen-bond donors (Lipinski definition) is 2. The molecule has 0 aliphatic heterocycles.